The first-order valence-corrected chi connectivity index (χ1v) is 10.4. The third-order valence-electron chi connectivity index (χ3n) is 5.55. The van der Waals surface area contributed by atoms with E-state index in [4.69, 9.17) is 4.74 Å². The minimum Gasteiger partial charge on any atom is -0.446 e. The summed E-state index contributed by atoms with van der Waals surface area (Å²) in [7, 11) is 0. The topological polar surface area (TPSA) is 89.9 Å². The van der Waals surface area contributed by atoms with Gasteiger partial charge in [0.1, 0.15) is 16.8 Å². The van der Waals surface area contributed by atoms with E-state index in [0.29, 0.717) is 18.7 Å². The lowest BCUT2D eigenvalue weighted by atomic mass is 9.99. The molecule has 1 unspecified atom stereocenters. The quantitative estimate of drug-likeness (QED) is 0.440. The molecule has 2 heterocycles. The lowest BCUT2D eigenvalue weighted by molar-refractivity contribution is 0.173. The molecular weight excluding hydrogens is 380 g/mol. The number of aromatic nitrogens is 3. The Balaban J connectivity index is 1.43. The van der Waals surface area contributed by atoms with E-state index in [0.717, 1.165) is 48.5 Å². The molecule has 0 spiro atoms. The van der Waals surface area contributed by atoms with Crippen molar-refractivity contribution in [3.63, 3.8) is 0 Å². The van der Waals surface area contributed by atoms with Gasteiger partial charge in [0.05, 0.1) is 11.8 Å². The highest BCUT2D eigenvalue weighted by Crippen LogP contribution is 2.30. The summed E-state index contributed by atoms with van der Waals surface area (Å²) >= 11 is 0. The number of rotatable bonds is 8. The number of H-pyrrole nitrogens is 1. The van der Waals surface area contributed by atoms with E-state index >= 15 is 0 Å². The van der Waals surface area contributed by atoms with Crippen molar-refractivity contribution in [2.75, 3.05) is 37.6 Å². The zero-order valence-electron chi connectivity index (χ0n) is 17.5. The van der Waals surface area contributed by atoms with Crippen molar-refractivity contribution < 1.29 is 9.84 Å². The van der Waals surface area contributed by atoms with Gasteiger partial charge in [0.25, 0.3) is 0 Å². The highest BCUT2D eigenvalue weighted by molar-refractivity contribution is 5.78. The van der Waals surface area contributed by atoms with Crippen molar-refractivity contribution in [1.29, 1.82) is 0 Å². The number of aromatic amines is 1. The summed E-state index contributed by atoms with van der Waals surface area (Å²) in [4.78, 5) is 9.01. The van der Waals surface area contributed by atoms with E-state index in [1.165, 1.54) is 12.1 Å². The van der Waals surface area contributed by atoms with Crippen molar-refractivity contribution in [2.24, 2.45) is 4.99 Å². The van der Waals surface area contributed by atoms with Crippen LogP contribution in [0.25, 0.3) is 11.0 Å². The summed E-state index contributed by atoms with van der Waals surface area (Å²) < 4.78 is 5.73. The second-order valence-electron chi connectivity index (χ2n) is 7.47. The number of aliphatic imine (C=N–C) groups is 1. The number of fused-ring (bicyclic) bond motifs is 2. The van der Waals surface area contributed by atoms with Crippen molar-refractivity contribution in [3.05, 3.63) is 42.0 Å². The predicted octanol–water partition coefficient (Wildman–Crippen LogP) is 2.76. The van der Waals surface area contributed by atoms with Crippen LogP contribution in [-0.2, 0) is 6.42 Å². The van der Waals surface area contributed by atoms with Gasteiger partial charge in [0, 0.05) is 31.7 Å². The number of likely N-dealkylation sites (N-methyl/N-ethyl adjacent to an activating group) is 1. The molecule has 0 saturated heterocycles. The van der Waals surface area contributed by atoms with E-state index in [-0.39, 0.29) is 6.10 Å². The molecule has 1 aromatic heterocycles. The number of hydrogen-bond donors (Lipinski definition) is 2. The standard InChI is InChI=1S/C22H28N6O2/c1-3-27(4-2)9-10-28-14-18(29)11-16-12-19(6-8-22(16)28)30-15-23-17-5-7-20-21(13-17)25-26-24-20/h5-8,12-13,15,18,29H,3-4,9-11,14H2,1-2H3,(H,24,25,26). The fourth-order valence-electron chi connectivity index (χ4n) is 3.85. The Morgan fingerprint density at radius 1 is 1.20 bits per heavy atom. The Morgan fingerprint density at radius 3 is 2.87 bits per heavy atom. The molecule has 2 aromatic carbocycles. The first-order valence-electron chi connectivity index (χ1n) is 10.4. The Morgan fingerprint density at radius 2 is 2.03 bits per heavy atom. The van der Waals surface area contributed by atoms with Crippen LogP contribution in [0.15, 0.2) is 41.4 Å². The molecule has 1 aliphatic heterocycles. The number of anilines is 1. The molecule has 30 heavy (non-hydrogen) atoms. The predicted molar refractivity (Wildman–Crippen MR) is 119 cm³/mol. The van der Waals surface area contributed by atoms with E-state index in [1.807, 2.05) is 30.3 Å². The fourth-order valence-corrected chi connectivity index (χ4v) is 3.85. The van der Waals surface area contributed by atoms with E-state index < -0.39 is 0 Å². The van der Waals surface area contributed by atoms with Crippen molar-refractivity contribution in [3.8, 4) is 5.75 Å². The van der Waals surface area contributed by atoms with E-state index in [1.54, 1.807) is 0 Å². The van der Waals surface area contributed by atoms with Crippen LogP contribution in [0.3, 0.4) is 0 Å². The van der Waals surface area contributed by atoms with Crippen LogP contribution < -0.4 is 9.64 Å². The van der Waals surface area contributed by atoms with Gasteiger partial charge in [0.2, 0.25) is 0 Å². The maximum Gasteiger partial charge on any atom is 0.181 e. The second-order valence-corrected chi connectivity index (χ2v) is 7.47. The van der Waals surface area contributed by atoms with Gasteiger partial charge in [0.15, 0.2) is 6.40 Å². The van der Waals surface area contributed by atoms with E-state index in [2.05, 4.69) is 50.1 Å². The minimum absolute atomic E-state index is 0.368. The SMILES string of the molecule is CCN(CC)CCN1CC(O)Cc2cc(OC=Nc3ccc4n[nH]nc4c3)ccc21. The van der Waals surface area contributed by atoms with Crippen LogP contribution in [0.2, 0.25) is 0 Å². The molecule has 3 aromatic rings. The maximum absolute atomic E-state index is 10.4. The lowest BCUT2D eigenvalue weighted by Crippen LogP contribution is -2.42. The summed E-state index contributed by atoms with van der Waals surface area (Å²) in [5.74, 6) is 0.706. The average molecular weight is 409 g/mol. The molecule has 0 amide bonds. The molecule has 1 atom stereocenters. The van der Waals surface area contributed by atoms with Crippen molar-refractivity contribution in [2.45, 2.75) is 26.4 Å². The molecule has 158 valence electrons. The molecule has 1 aliphatic rings. The number of nitrogens with one attached hydrogen (secondary N) is 1. The third-order valence-corrected chi connectivity index (χ3v) is 5.55. The highest BCUT2D eigenvalue weighted by atomic mass is 16.5. The normalized spacial score (nSPS) is 16.5. The fraction of sp³-hybridized carbons (Fsp3) is 0.409. The highest BCUT2D eigenvalue weighted by Gasteiger charge is 2.23. The Hall–Kier alpha value is -2.97. The first kappa shape index (κ1) is 20.3. The molecule has 4 rings (SSSR count). The molecule has 0 fully saturated rings. The summed E-state index contributed by atoms with van der Waals surface area (Å²) in [5, 5.41) is 21.0. The first-order chi connectivity index (χ1) is 14.7. The largest absolute Gasteiger partial charge is 0.446 e. The number of aliphatic hydroxyl groups excluding tert-OH is 1. The monoisotopic (exact) mass is 408 g/mol. The van der Waals surface area contributed by atoms with Crippen LogP contribution in [0, 0.1) is 0 Å². The molecule has 8 nitrogen and oxygen atoms in total. The number of ether oxygens (including phenoxy) is 1. The van der Waals surface area contributed by atoms with Gasteiger partial charge < -0.3 is 19.6 Å². The lowest BCUT2D eigenvalue weighted by Gasteiger charge is -2.35. The number of benzene rings is 2. The van der Waals surface area contributed by atoms with Crippen LogP contribution in [0.4, 0.5) is 11.4 Å². The third kappa shape index (κ3) is 4.60. The van der Waals surface area contributed by atoms with Crippen LogP contribution in [0.1, 0.15) is 19.4 Å². The zero-order chi connectivity index (χ0) is 20.9. The van der Waals surface area contributed by atoms with Crippen molar-refractivity contribution >= 4 is 28.8 Å². The molecule has 0 radical (unpaired) electrons. The maximum atomic E-state index is 10.4. The van der Waals surface area contributed by atoms with Gasteiger partial charge in [-0.15, -0.1) is 0 Å². The zero-order valence-corrected chi connectivity index (χ0v) is 17.5. The number of nitrogens with zero attached hydrogens (tertiary/aromatic N) is 5. The Labute approximate surface area is 176 Å². The smallest absolute Gasteiger partial charge is 0.181 e. The average Bonchev–Trinajstić information content (AvgIpc) is 3.22. The second kappa shape index (κ2) is 9.23. The molecule has 2 N–H and O–H groups in total. The van der Waals surface area contributed by atoms with Gasteiger partial charge in [-0.05, 0) is 55.1 Å². The molecule has 8 heteroatoms. The van der Waals surface area contributed by atoms with Gasteiger partial charge in [-0.2, -0.15) is 15.4 Å². The summed E-state index contributed by atoms with van der Waals surface area (Å²) in [5.41, 5.74) is 4.58. The number of hydrogen-bond acceptors (Lipinski definition) is 7. The Bertz CT molecular complexity index is 1010. The molecule has 0 saturated carbocycles. The number of β-amino-alcohol motifs (C(OH)–C–C–N with tert-alkyl or cyclic N) is 1. The van der Waals surface area contributed by atoms with Gasteiger partial charge in [-0.1, -0.05) is 13.8 Å². The molecule has 0 aliphatic carbocycles. The van der Waals surface area contributed by atoms with Gasteiger partial charge >= 0.3 is 0 Å². The minimum atomic E-state index is -0.368. The Kier molecular flexibility index (Phi) is 6.25. The van der Waals surface area contributed by atoms with Gasteiger partial charge in [-0.25, -0.2) is 4.99 Å². The molecule has 0 bridgehead atoms. The van der Waals surface area contributed by atoms with Crippen LogP contribution in [-0.4, -0.2) is 70.6 Å². The molecular formula is C22H28N6O2. The van der Waals surface area contributed by atoms with Crippen molar-refractivity contribution in [1.82, 2.24) is 20.3 Å². The summed E-state index contributed by atoms with van der Waals surface area (Å²) in [6.45, 7) is 8.98. The summed E-state index contributed by atoms with van der Waals surface area (Å²) in [6.07, 6.45) is 1.70. The van der Waals surface area contributed by atoms with E-state index in [9.17, 15) is 5.11 Å². The number of aliphatic hydroxyl groups is 1. The van der Waals surface area contributed by atoms with Gasteiger partial charge in [-0.3, -0.25) is 0 Å². The summed E-state index contributed by atoms with van der Waals surface area (Å²) in [6, 6.07) is 11.6. The van der Waals surface area contributed by atoms with Crippen LogP contribution in [0.5, 0.6) is 5.75 Å². The van der Waals surface area contributed by atoms with Crippen LogP contribution >= 0.6 is 0 Å².